The lowest BCUT2D eigenvalue weighted by molar-refractivity contribution is -0.252. The molecular weight excluding hydrogens is 895 g/mol. The number of ether oxygens (including phenoxy) is 3. The standard InChI is InChI=1S/C48H91NO15S2/c1-4-7-10-13-16-19-21-24-27-30-33-36-43(51)61-40(35-32-29-26-23-18-15-12-9-6-3)38-42(50)49-45-47(63-44(52)37-34-31-28-25-22-20-17-14-11-8-5-2)46(64-66(57,58)59)41(62-48(45)53)39-60-65(54,55)56/h40-41,45-48,53H,4-39H2,1-3H3,(H,49,50)(H,54,55,56)(H,57,58,59)/t40-,41-,45-,46-,47-,48?/m1/s1. The van der Waals surface area contributed by atoms with Crippen molar-refractivity contribution in [2.75, 3.05) is 6.61 Å². The number of hydrogen-bond donors (Lipinski definition) is 4. The SMILES string of the molecule is CCCCCCCCCCCCCC(=O)O[C@H](CCCCCCCCCCC)CC(=O)N[C@H]1C(O)O[C@H](COS(=O)(=O)O)[C@@H](OS(=O)(=O)O)[C@@H]1OC(=O)CCCCCCCCCCCCC. The minimum Gasteiger partial charge on any atom is -0.462 e. The second-order valence-electron chi connectivity index (χ2n) is 18.3. The Morgan fingerprint density at radius 3 is 1.35 bits per heavy atom. The zero-order valence-electron chi connectivity index (χ0n) is 41.0. The molecule has 390 valence electrons. The van der Waals surface area contributed by atoms with Gasteiger partial charge < -0.3 is 24.6 Å². The predicted octanol–water partition coefficient (Wildman–Crippen LogP) is 10.7. The molecule has 0 aromatic rings. The van der Waals surface area contributed by atoms with Crippen molar-refractivity contribution in [3.8, 4) is 0 Å². The third kappa shape index (κ3) is 34.4. The Bertz CT molecular complexity index is 1470. The summed E-state index contributed by atoms with van der Waals surface area (Å²) in [6, 6.07) is -1.70. The van der Waals surface area contributed by atoms with Crippen LogP contribution in [0.25, 0.3) is 0 Å². The molecule has 0 aromatic heterocycles. The highest BCUT2D eigenvalue weighted by molar-refractivity contribution is 7.81. The first-order chi connectivity index (χ1) is 31.6. The first-order valence-corrected chi connectivity index (χ1v) is 28.6. The average molecular weight is 986 g/mol. The zero-order valence-corrected chi connectivity index (χ0v) is 42.6. The molecule has 1 fully saturated rings. The highest BCUT2D eigenvalue weighted by Crippen LogP contribution is 2.28. The number of hydrogen-bond acceptors (Lipinski definition) is 13. The molecule has 1 aliphatic rings. The summed E-state index contributed by atoms with van der Waals surface area (Å²) in [4.78, 5) is 40.1. The molecule has 66 heavy (non-hydrogen) atoms. The Labute approximate surface area is 399 Å². The van der Waals surface area contributed by atoms with Crippen LogP contribution in [0.15, 0.2) is 0 Å². The highest BCUT2D eigenvalue weighted by atomic mass is 32.3. The van der Waals surface area contributed by atoms with Gasteiger partial charge in [-0.2, -0.15) is 16.8 Å². The number of nitrogens with one attached hydrogen (secondary N) is 1. The van der Waals surface area contributed by atoms with Gasteiger partial charge in [-0.1, -0.05) is 201 Å². The number of carbonyl (C=O) groups is 3. The zero-order chi connectivity index (χ0) is 48.9. The van der Waals surface area contributed by atoms with E-state index in [9.17, 15) is 45.4 Å². The molecule has 1 amide bonds. The van der Waals surface area contributed by atoms with Crippen LogP contribution in [0.1, 0.15) is 245 Å². The monoisotopic (exact) mass is 986 g/mol. The normalized spacial score (nSPS) is 19.4. The lowest BCUT2D eigenvalue weighted by Crippen LogP contribution is -2.66. The molecule has 16 nitrogen and oxygen atoms in total. The molecule has 1 aliphatic heterocycles. The largest absolute Gasteiger partial charge is 0.462 e. The van der Waals surface area contributed by atoms with Gasteiger partial charge in [0.05, 0.1) is 13.0 Å². The van der Waals surface area contributed by atoms with E-state index in [1.54, 1.807) is 0 Å². The molecule has 0 spiro atoms. The fourth-order valence-electron chi connectivity index (χ4n) is 8.42. The van der Waals surface area contributed by atoms with E-state index < -0.39 is 82.0 Å². The van der Waals surface area contributed by atoms with Crippen LogP contribution in [0.3, 0.4) is 0 Å². The Hall–Kier alpha value is -1.93. The molecule has 1 unspecified atom stereocenters. The molecule has 0 radical (unpaired) electrons. The van der Waals surface area contributed by atoms with Crippen molar-refractivity contribution in [2.24, 2.45) is 0 Å². The van der Waals surface area contributed by atoms with Gasteiger partial charge in [-0.05, 0) is 25.7 Å². The van der Waals surface area contributed by atoms with Crippen LogP contribution in [0, 0.1) is 0 Å². The molecular formula is C48H91NO15S2. The summed E-state index contributed by atoms with van der Waals surface area (Å²) in [6.45, 7) is 5.44. The summed E-state index contributed by atoms with van der Waals surface area (Å²) >= 11 is 0. The Kier molecular flexibility index (Phi) is 36.6. The number of carbonyl (C=O) groups excluding carboxylic acids is 3. The van der Waals surface area contributed by atoms with Gasteiger partial charge in [-0.25, -0.2) is 8.37 Å². The van der Waals surface area contributed by atoms with Gasteiger partial charge in [-0.15, -0.1) is 0 Å². The second kappa shape index (κ2) is 38.9. The second-order valence-corrected chi connectivity index (χ2v) is 20.5. The topological polar surface area (TPSA) is 238 Å². The highest BCUT2D eigenvalue weighted by Gasteiger charge is 2.51. The van der Waals surface area contributed by atoms with Gasteiger partial charge in [0, 0.05) is 12.8 Å². The van der Waals surface area contributed by atoms with Crippen molar-refractivity contribution >= 4 is 38.6 Å². The molecule has 1 heterocycles. The maximum Gasteiger partial charge on any atom is 0.397 e. The minimum atomic E-state index is -5.35. The lowest BCUT2D eigenvalue weighted by atomic mass is 9.96. The first kappa shape index (κ1) is 62.1. The summed E-state index contributed by atoms with van der Waals surface area (Å²) in [5.41, 5.74) is 0. The van der Waals surface area contributed by atoms with Gasteiger partial charge in [-0.3, -0.25) is 23.5 Å². The van der Waals surface area contributed by atoms with Crippen LogP contribution in [0.4, 0.5) is 0 Å². The molecule has 6 atom stereocenters. The van der Waals surface area contributed by atoms with Gasteiger partial charge in [0.25, 0.3) is 0 Å². The Morgan fingerprint density at radius 1 is 0.545 bits per heavy atom. The van der Waals surface area contributed by atoms with E-state index in [4.69, 9.17) is 18.4 Å². The molecule has 0 bridgehead atoms. The number of aliphatic hydroxyl groups is 1. The van der Waals surface area contributed by atoms with Crippen LogP contribution in [-0.2, 0) is 57.8 Å². The van der Waals surface area contributed by atoms with Gasteiger partial charge >= 0.3 is 32.7 Å². The van der Waals surface area contributed by atoms with Gasteiger partial charge in [0.15, 0.2) is 12.4 Å². The van der Waals surface area contributed by atoms with E-state index in [1.807, 2.05) is 0 Å². The molecule has 18 heteroatoms. The fraction of sp³-hybridized carbons (Fsp3) is 0.938. The van der Waals surface area contributed by atoms with Crippen LogP contribution in [-0.4, -0.2) is 92.2 Å². The molecule has 1 rings (SSSR count). The van der Waals surface area contributed by atoms with Crippen LogP contribution < -0.4 is 5.32 Å². The summed E-state index contributed by atoms with van der Waals surface area (Å²) in [7, 11) is -10.5. The van der Waals surface area contributed by atoms with E-state index in [2.05, 4.69) is 30.3 Å². The maximum atomic E-state index is 13.8. The van der Waals surface area contributed by atoms with Crippen LogP contribution in [0.5, 0.6) is 0 Å². The third-order valence-corrected chi connectivity index (χ3v) is 13.1. The maximum absolute atomic E-state index is 13.8. The summed E-state index contributed by atoms with van der Waals surface area (Å²) in [5.74, 6) is -2.03. The van der Waals surface area contributed by atoms with Gasteiger partial charge in [0.1, 0.15) is 24.4 Å². The van der Waals surface area contributed by atoms with Crippen LogP contribution in [0.2, 0.25) is 0 Å². The van der Waals surface area contributed by atoms with Crippen molar-refractivity contribution in [2.45, 2.75) is 282 Å². The molecule has 4 N–H and O–H groups in total. The number of rotatable bonds is 44. The average Bonchev–Trinajstić information content (AvgIpc) is 3.24. The van der Waals surface area contributed by atoms with Crippen molar-refractivity contribution in [1.82, 2.24) is 5.32 Å². The summed E-state index contributed by atoms with van der Waals surface area (Å²) < 4.78 is 92.0. The quantitative estimate of drug-likeness (QED) is 0.0252. The number of esters is 2. The molecule has 1 saturated heterocycles. The smallest absolute Gasteiger partial charge is 0.397 e. The Balaban J connectivity index is 3.04. The summed E-state index contributed by atoms with van der Waals surface area (Å²) in [5, 5.41) is 13.7. The van der Waals surface area contributed by atoms with Crippen molar-refractivity contribution in [3.63, 3.8) is 0 Å². The summed E-state index contributed by atoms with van der Waals surface area (Å²) in [6.07, 6.45) is 24.7. The molecule has 0 aliphatic carbocycles. The molecule has 0 saturated carbocycles. The van der Waals surface area contributed by atoms with E-state index in [1.165, 1.54) is 103 Å². The first-order valence-electron chi connectivity index (χ1n) is 25.9. The Morgan fingerprint density at radius 2 is 0.939 bits per heavy atom. The van der Waals surface area contributed by atoms with Crippen molar-refractivity contribution in [1.29, 1.82) is 0 Å². The third-order valence-electron chi connectivity index (χ3n) is 12.2. The number of aliphatic hydroxyl groups excluding tert-OH is 1. The lowest BCUT2D eigenvalue weighted by Gasteiger charge is -2.43. The van der Waals surface area contributed by atoms with E-state index in [0.717, 1.165) is 70.6 Å². The van der Waals surface area contributed by atoms with Crippen molar-refractivity contribution < 1.29 is 68.0 Å². The van der Waals surface area contributed by atoms with Crippen molar-refractivity contribution in [3.05, 3.63) is 0 Å². The fourth-order valence-corrected chi connectivity index (χ4v) is 9.24. The van der Waals surface area contributed by atoms with E-state index >= 15 is 0 Å². The number of amides is 1. The number of unbranched alkanes of at least 4 members (excludes halogenated alkanes) is 28. The van der Waals surface area contributed by atoms with E-state index in [-0.39, 0.29) is 19.3 Å². The van der Waals surface area contributed by atoms with Gasteiger partial charge in [0.2, 0.25) is 5.91 Å². The predicted molar refractivity (Wildman–Crippen MR) is 255 cm³/mol. The van der Waals surface area contributed by atoms with E-state index in [0.29, 0.717) is 32.1 Å². The van der Waals surface area contributed by atoms with Crippen LogP contribution >= 0.6 is 0 Å². The minimum absolute atomic E-state index is 0.119. The molecule has 0 aromatic carbocycles.